The highest BCUT2D eigenvalue weighted by atomic mass is 32.2. The summed E-state index contributed by atoms with van der Waals surface area (Å²) in [5.74, 6) is 2.38. The summed E-state index contributed by atoms with van der Waals surface area (Å²) in [6.45, 7) is 5.41. The summed E-state index contributed by atoms with van der Waals surface area (Å²) in [6.07, 6.45) is 1.69. The van der Waals surface area contributed by atoms with E-state index in [0.29, 0.717) is 86.7 Å². The lowest BCUT2D eigenvalue weighted by Crippen LogP contribution is -2.40. The molecule has 0 bridgehead atoms. The van der Waals surface area contributed by atoms with E-state index in [1.807, 2.05) is 12.1 Å². The number of carbonyl (C=O) groups is 2. The zero-order chi connectivity index (χ0) is 30.3. The van der Waals surface area contributed by atoms with E-state index in [1.54, 1.807) is 49.6 Å². The maximum atomic E-state index is 13.0. The van der Waals surface area contributed by atoms with Crippen LogP contribution in [0.1, 0.15) is 5.56 Å². The predicted molar refractivity (Wildman–Crippen MR) is 164 cm³/mol. The molecule has 0 atom stereocenters. The Morgan fingerprint density at radius 3 is 2.07 bits per heavy atom. The largest absolute Gasteiger partial charge is 0.493 e. The first-order valence-electron chi connectivity index (χ1n) is 14.3. The first-order chi connectivity index (χ1) is 21.6. The van der Waals surface area contributed by atoms with Gasteiger partial charge in [-0.3, -0.25) is 14.5 Å². The molecule has 230 valence electrons. The molecule has 13 nitrogen and oxygen atoms in total. The molecule has 3 saturated heterocycles. The van der Waals surface area contributed by atoms with Crippen molar-refractivity contribution in [2.45, 2.75) is 0 Å². The van der Waals surface area contributed by atoms with Gasteiger partial charge in [0.25, 0.3) is 11.1 Å². The number of thioether (sulfide) groups is 1. The fraction of sp³-hybridized carbons (Fsp3) is 0.367. The fourth-order valence-electron chi connectivity index (χ4n) is 4.76. The van der Waals surface area contributed by atoms with Gasteiger partial charge in [-0.1, -0.05) is 24.3 Å². The number of anilines is 2. The molecule has 0 spiro atoms. The van der Waals surface area contributed by atoms with Crippen molar-refractivity contribution in [3.63, 3.8) is 0 Å². The van der Waals surface area contributed by atoms with E-state index < -0.39 is 0 Å². The molecule has 0 aliphatic carbocycles. The van der Waals surface area contributed by atoms with Crippen molar-refractivity contribution in [1.82, 2.24) is 19.9 Å². The molecule has 0 saturated carbocycles. The minimum atomic E-state index is -0.361. The minimum Gasteiger partial charge on any atom is -0.493 e. The third-order valence-corrected chi connectivity index (χ3v) is 7.99. The average molecular weight is 621 g/mol. The van der Waals surface area contributed by atoms with Gasteiger partial charge in [0.2, 0.25) is 11.9 Å². The van der Waals surface area contributed by atoms with Gasteiger partial charge in [0, 0.05) is 26.2 Å². The number of imide groups is 1. The van der Waals surface area contributed by atoms with Crippen LogP contribution < -0.4 is 24.0 Å². The summed E-state index contributed by atoms with van der Waals surface area (Å²) in [4.78, 5) is 45.1. The van der Waals surface area contributed by atoms with Crippen LogP contribution in [0.25, 0.3) is 6.08 Å². The summed E-state index contributed by atoms with van der Waals surface area (Å²) >= 11 is 0.901. The van der Waals surface area contributed by atoms with E-state index in [-0.39, 0.29) is 30.3 Å². The molecule has 14 heteroatoms. The van der Waals surface area contributed by atoms with Crippen LogP contribution in [0.4, 0.5) is 16.7 Å². The number of carbonyl (C=O) groups excluding carboxylic acids is 2. The van der Waals surface area contributed by atoms with E-state index in [4.69, 9.17) is 28.7 Å². The Morgan fingerprint density at radius 1 is 0.841 bits per heavy atom. The second-order valence-corrected chi connectivity index (χ2v) is 10.9. The molecule has 44 heavy (non-hydrogen) atoms. The molecule has 0 radical (unpaired) electrons. The molecule has 0 unspecified atom stereocenters. The van der Waals surface area contributed by atoms with Gasteiger partial charge in [0.15, 0.2) is 11.5 Å². The lowest BCUT2D eigenvalue weighted by molar-refractivity contribution is -0.123. The van der Waals surface area contributed by atoms with Gasteiger partial charge < -0.3 is 33.5 Å². The zero-order valence-corrected chi connectivity index (χ0v) is 25.0. The monoisotopic (exact) mass is 620 g/mol. The Bertz CT molecular complexity index is 1470. The van der Waals surface area contributed by atoms with Crippen molar-refractivity contribution < 1.29 is 33.3 Å². The van der Waals surface area contributed by atoms with Gasteiger partial charge in [0.1, 0.15) is 12.4 Å². The number of ether oxygens (including phenoxy) is 5. The van der Waals surface area contributed by atoms with E-state index in [9.17, 15) is 9.59 Å². The van der Waals surface area contributed by atoms with Gasteiger partial charge in [-0.2, -0.15) is 15.0 Å². The highest BCUT2D eigenvalue weighted by Crippen LogP contribution is 2.33. The van der Waals surface area contributed by atoms with Crippen LogP contribution >= 0.6 is 11.8 Å². The average Bonchev–Trinajstić information content (AvgIpc) is 3.33. The molecular formula is C30H32N6O7S. The van der Waals surface area contributed by atoms with E-state index in [0.717, 1.165) is 17.3 Å². The SMILES string of the molecule is COc1ccccc1OCCN1C(=O)S/C(=C\c2ccc(Oc3nc(N4CCOCC4)nc(N4CCOCC4)n3)cc2)C1=O. The highest BCUT2D eigenvalue weighted by Gasteiger charge is 2.35. The van der Waals surface area contributed by atoms with Crippen molar-refractivity contribution >= 4 is 40.9 Å². The Morgan fingerprint density at radius 2 is 1.45 bits per heavy atom. The number of rotatable bonds is 10. The molecule has 3 fully saturated rings. The molecule has 2 aromatic carbocycles. The lowest BCUT2D eigenvalue weighted by atomic mass is 10.2. The number of aromatic nitrogens is 3. The second kappa shape index (κ2) is 13.9. The summed E-state index contributed by atoms with van der Waals surface area (Å²) in [6, 6.07) is 14.6. The summed E-state index contributed by atoms with van der Waals surface area (Å²) in [5, 5.41) is -0.341. The standard InChI is InChI=1S/C30H32N6O7S/c1-39-23-4-2-3-5-24(23)42-19-14-36-26(37)25(44-30(36)38)20-21-6-8-22(9-7-21)43-29-32-27(34-10-15-40-16-11-34)31-28(33-29)35-12-17-41-18-13-35/h2-9,20H,10-19H2,1H3/b25-20-. The van der Waals surface area contributed by atoms with Gasteiger partial charge in [-0.25, -0.2) is 0 Å². The number of hydrogen-bond acceptors (Lipinski definition) is 13. The second-order valence-electron chi connectivity index (χ2n) is 9.92. The Labute approximate surface area is 258 Å². The first kappa shape index (κ1) is 29.7. The van der Waals surface area contributed by atoms with Crippen LogP contribution in [-0.4, -0.2) is 104 Å². The number of methoxy groups -OCH3 is 1. The maximum Gasteiger partial charge on any atom is 0.328 e. The van der Waals surface area contributed by atoms with Gasteiger partial charge in [-0.15, -0.1) is 0 Å². The van der Waals surface area contributed by atoms with Crippen LogP contribution in [0.5, 0.6) is 23.3 Å². The lowest BCUT2D eigenvalue weighted by Gasteiger charge is -2.30. The van der Waals surface area contributed by atoms with Gasteiger partial charge in [-0.05, 0) is 47.7 Å². The molecule has 3 aromatic rings. The molecule has 1 aromatic heterocycles. The highest BCUT2D eigenvalue weighted by molar-refractivity contribution is 8.18. The summed E-state index contributed by atoms with van der Waals surface area (Å²) in [5.41, 5.74) is 0.742. The number of amides is 2. The van der Waals surface area contributed by atoms with Crippen LogP contribution in [-0.2, 0) is 14.3 Å². The molecule has 6 rings (SSSR count). The van der Waals surface area contributed by atoms with Crippen LogP contribution in [0.2, 0.25) is 0 Å². The van der Waals surface area contributed by atoms with Crippen molar-refractivity contribution in [2.24, 2.45) is 0 Å². The van der Waals surface area contributed by atoms with Crippen molar-refractivity contribution in [1.29, 1.82) is 0 Å². The molecule has 3 aliphatic rings. The fourth-order valence-corrected chi connectivity index (χ4v) is 5.62. The number of benzene rings is 2. The number of para-hydroxylation sites is 2. The van der Waals surface area contributed by atoms with Crippen LogP contribution in [0.15, 0.2) is 53.4 Å². The quantitative estimate of drug-likeness (QED) is 0.307. The Kier molecular flexibility index (Phi) is 9.39. The summed E-state index contributed by atoms with van der Waals surface area (Å²) < 4.78 is 28.0. The third-order valence-electron chi connectivity index (χ3n) is 7.08. The molecule has 3 aliphatic heterocycles. The third kappa shape index (κ3) is 7.04. The molecule has 4 heterocycles. The van der Waals surface area contributed by atoms with E-state index in [2.05, 4.69) is 19.8 Å². The van der Waals surface area contributed by atoms with Crippen LogP contribution in [0, 0.1) is 0 Å². The smallest absolute Gasteiger partial charge is 0.328 e. The Balaban J connectivity index is 1.11. The van der Waals surface area contributed by atoms with E-state index in [1.165, 1.54) is 4.90 Å². The molecule has 0 N–H and O–H groups in total. The molecule has 2 amide bonds. The molecular weight excluding hydrogens is 588 g/mol. The number of nitrogens with zero attached hydrogens (tertiary/aromatic N) is 6. The van der Waals surface area contributed by atoms with E-state index >= 15 is 0 Å². The first-order valence-corrected chi connectivity index (χ1v) is 15.1. The van der Waals surface area contributed by atoms with Crippen LogP contribution in [0.3, 0.4) is 0 Å². The van der Waals surface area contributed by atoms with Crippen molar-refractivity contribution in [2.75, 3.05) is 82.7 Å². The summed E-state index contributed by atoms with van der Waals surface area (Å²) in [7, 11) is 1.56. The minimum absolute atomic E-state index is 0.123. The van der Waals surface area contributed by atoms with Crippen molar-refractivity contribution in [3.8, 4) is 23.3 Å². The Hall–Kier alpha value is -4.40. The maximum absolute atomic E-state index is 13.0. The number of morpholine rings is 2. The normalized spacial score (nSPS) is 18.2. The topological polar surface area (TPSA) is 129 Å². The predicted octanol–water partition coefficient (Wildman–Crippen LogP) is 3.46. The van der Waals surface area contributed by atoms with Crippen molar-refractivity contribution in [3.05, 3.63) is 59.0 Å². The number of hydrogen-bond donors (Lipinski definition) is 0. The van der Waals surface area contributed by atoms with Gasteiger partial charge >= 0.3 is 6.01 Å². The zero-order valence-electron chi connectivity index (χ0n) is 24.2. The van der Waals surface area contributed by atoms with Gasteiger partial charge in [0.05, 0.1) is 45.0 Å².